The lowest BCUT2D eigenvalue weighted by molar-refractivity contribution is 0.602. The average Bonchev–Trinajstić information content (AvgIpc) is 2.02. The number of anilines is 1. The molecule has 1 N–H and O–H groups in total. The van der Waals surface area contributed by atoms with Gasteiger partial charge in [-0.2, -0.15) is 0 Å². The Morgan fingerprint density at radius 1 is 1.36 bits per heavy atom. The molecule has 1 aromatic rings. The summed E-state index contributed by atoms with van der Waals surface area (Å²) in [6, 6.07) is 5.29. The van der Waals surface area contributed by atoms with Gasteiger partial charge in [-0.05, 0) is 31.5 Å². The predicted molar refractivity (Wildman–Crippen MR) is 58.5 cm³/mol. The highest BCUT2D eigenvalue weighted by Crippen LogP contribution is 2.22. The van der Waals surface area contributed by atoms with Gasteiger partial charge in [-0.15, -0.1) is 0 Å². The van der Waals surface area contributed by atoms with E-state index in [-0.39, 0.29) is 0 Å². The largest absolute Gasteiger partial charge is 0.384 e. The summed E-state index contributed by atoms with van der Waals surface area (Å²) in [5.41, 5.74) is 1.74. The monoisotopic (exact) mass is 213 g/mol. The summed E-state index contributed by atoms with van der Waals surface area (Å²) in [5, 5.41) is 3.04. The van der Waals surface area contributed by atoms with Crippen LogP contribution in [0.4, 0.5) is 5.69 Å². The number of sulfone groups is 1. The molecule has 0 bridgehead atoms. The lowest BCUT2D eigenvalue weighted by atomic mass is 10.2. The second kappa shape index (κ2) is 4.00. The molecule has 0 saturated heterocycles. The second-order valence-corrected chi connectivity index (χ2v) is 5.29. The highest BCUT2D eigenvalue weighted by molar-refractivity contribution is 7.90. The van der Waals surface area contributed by atoms with Crippen molar-refractivity contribution in [3.63, 3.8) is 0 Å². The van der Waals surface area contributed by atoms with E-state index in [1.54, 1.807) is 12.1 Å². The van der Waals surface area contributed by atoms with Crippen LogP contribution in [-0.2, 0) is 9.84 Å². The molecular formula is C10H15NO2S. The van der Waals surface area contributed by atoms with Crippen LogP contribution in [0.1, 0.15) is 12.5 Å². The zero-order chi connectivity index (χ0) is 10.8. The van der Waals surface area contributed by atoms with E-state index in [9.17, 15) is 8.42 Å². The van der Waals surface area contributed by atoms with Crippen LogP contribution in [0.2, 0.25) is 0 Å². The molecule has 0 radical (unpaired) electrons. The number of hydrogen-bond acceptors (Lipinski definition) is 3. The van der Waals surface area contributed by atoms with Gasteiger partial charge in [0.1, 0.15) is 0 Å². The minimum atomic E-state index is -3.13. The van der Waals surface area contributed by atoms with Crippen LogP contribution in [-0.4, -0.2) is 21.2 Å². The minimum absolute atomic E-state index is 0.366. The van der Waals surface area contributed by atoms with Gasteiger partial charge in [0.15, 0.2) is 9.84 Å². The van der Waals surface area contributed by atoms with Crippen LogP contribution in [0.5, 0.6) is 0 Å². The molecule has 3 nitrogen and oxygen atoms in total. The standard InChI is InChI=1S/C10H15NO2S/c1-4-11-9-7-8(2)5-6-10(9)14(3,12)13/h5-7,11H,4H2,1-3H3. The van der Waals surface area contributed by atoms with Crippen LogP contribution in [0.15, 0.2) is 23.1 Å². The highest BCUT2D eigenvalue weighted by atomic mass is 32.2. The van der Waals surface area contributed by atoms with Crippen molar-refractivity contribution < 1.29 is 8.42 Å². The Morgan fingerprint density at radius 3 is 2.50 bits per heavy atom. The first kappa shape index (κ1) is 11.0. The number of aryl methyl sites for hydroxylation is 1. The molecule has 0 aromatic heterocycles. The third-order valence-electron chi connectivity index (χ3n) is 1.90. The molecule has 1 aromatic carbocycles. The lowest BCUT2D eigenvalue weighted by Crippen LogP contribution is -2.05. The van der Waals surface area contributed by atoms with Crippen molar-refractivity contribution >= 4 is 15.5 Å². The fraction of sp³-hybridized carbons (Fsp3) is 0.400. The van der Waals surface area contributed by atoms with Crippen LogP contribution in [0.25, 0.3) is 0 Å². The van der Waals surface area contributed by atoms with Gasteiger partial charge in [-0.3, -0.25) is 0 Å². The molecule has 14 heavy (non-hydrogen) atoms. The van der Waals surface area contributed by atoms with Crippen molar-refractivity contribution in [2.24, 2.45) is 0 Å². The maximum Gasteiger partial charge on any atom is 0.177 e. The fourth-order valence-corrected chi connectivity index (χ4v) is 2.14. The Labute approximate surface area is 85.1 Å². The van der Waals surface area contributed by atoms with Crippen LogP contribution in [0.3, 0.4) is 0 Å². The van der Waals surface area contributed by atoms with E-state index in [1.807, 2.05) is 19.9 Å². The van der Waals surface area contributed by atoms with Gasteiger partial charge in [-0.25, -0.2) is 8.42 Å². The molecule has 4 heteroatoms. The zero-order valence-corrected chi connectivity index (χ0v) is 9.48. The van der Waals surface area contributed by atoms with Crippen molar-refractivity contribution in [1.29, 1.82) is 0 Å². The Balaban J connectivity index is 3.29. The Morgan fingerprint density at radius 2 is 2.00 bits per heavy atom. The van der Waals surface area contributed by atoms with Gasteiger partial charge in [0.2, 0.25) is 0 Å². The second-order valence-electron chi connectivity index (χ2n) is 3.30. The highest BCUT2D eigenvalue weighted by Gasteiger charge is 2.12. The third kappa shape index (κ3) is 2.48. The van der Waals surface area contributed by atoms with Crippen LogP contribution in [0, 0.1) is 6.92 Å². The number of nitrogens with one attached hydrogen (secondary N) is 1. The Kier molecular flexibility index (Phi) is 3.16. The molecule has 1 rings (SSSR count). The normalized spacial score (nSPS) is 11.4. The minimum Gasteiger partial charge on any atom is -0.384 e. The van der Waals surface area contributed by atoms with Gasteiger partial charge in [0.05, 0.1) is 10.6 Å². The molecular weight excluding hydrogens is 198 g/mol. The van der Waals surface area contributed by atoms with Crippen molar-refractivity contribution in [1.82, 2.24) is 0 Å². The molecule has 0 saturated carbocycles. The van der Waals surface area contributed by atoms with E-state index in [4.69, 9.17) is 0 Å². The molecule has 0 aliphatic heterocycles. The Hall–Kier alpha value is -1.03. The van der Waals surface area contributed by atoms with E-state index in [1.165, 1.54) is 6.26 Å². The van der Waals surface area contributed by atoms with Crippen molar-refractivity contribution in [2.75, 3.05) is 18.1 Å². The van der Waals surface area contributed by atoms with Gasteiger partial charge < -0.3 is 5.32 Å². The van der Waals surface area contributed by atoms with E-state index in [0.29, 0.717) is 17.1 Å². The molecule has 0 spiro atoms. The summed E-state index contributed by atoms with van der Waals surface area (Å²) in [6.45, 7) is 4.59. The van der Waals surface area contributed by atoms with Gasteiger partial charge >= 0.3 is 0 Å². The van der Waals surface area contributed by atoms with E-state index < -0.39 is 9.84 Å². The van der Waals surface area contributed by atoms with Gasteiger partial charge in [-0.1, -0.05) is 6.07 Å². The zero-order valence-electron chi connectivity index (χ0n) is 8.66. The van der Waals surface area contributed by atoms with E-state index in [0.717, 1.165) is 5.56 Å². The first-order chi connectivity index (χ1) is 6.45. The molecule has 0 aliphatic rings. The predicted octanol–water partition coefficient (Wildman–Crippen LogP) is 1.83. The van der Waals surface area contributed by atoms with E-state index >= 15 is 0 Å². The summed E-state index contributed by atoms with van der Waals surface area (Å²) < 4.78 is 22.8. The third-order valence-corrected chi connectivity index (χ3v) is 3.06. The number of hydrogen-bond donors (Lipinski definition) is 1. The molecule has 78 valence electrons. The fourth-order valence-electron chi connectivity index (χ4n) is 1.30. The molecule has 0 unspecified atom stereocenters. The van der Waals surface area contributed by atoms with Crippen molar-refractivity contribution in [2.45, 2.75) is 18.7 Å². The smallest absolute Gasteiger partial charge is 0.177 e. The van der Waals surface area contributed by atoms with Crippen molar-refractivity contribution in [3.05, 3.63) is 23.8 Å². The summed E-state index contributed by atoms with van der Waals surface area (Å²) >= 11 is 0. The van der Waals surface area contributed by atoms with Gasteiger partial charge in [0.25, 0.3) is 0 Å². The maximum atomic E-state index is 11.4. The SMILES string of the molecule is CCNc1cc(C)ccc1S(C)(=O)=O. The van der Waals surface area contributed by atoms with Crippen LogP contribution >= 0.6 is 0 Å². The molecule has 0 atom stereocenters. The first-order valence-corrected chi connectivity index (χ1v) is 6.39. The number of benzene rings is 1. The van der Waals surface area contributed by atoms with E-state index in [2.05, 4.69) is 5.32 Å². The molecule has 0 aliphatic carbocycles. The summed E-state index contributed by atoms with van der Waals surface area (Å²) in [6.07, 6.45) is 1.22. The lowest BCUT2D eigenvalue weighted by Gasteiger charge is -2.09. The summed E-state index contributed by atoms with van der Waals surface area (Å²) in [5.74, 6) is 0. The van der Waals surface area contributed by atoms with Crippen LogP contribution < -0.4 is 5.32 Å². The molecule has 0 heterocycles. The van der Waals surface area contributed by atoms with Crippen molar-refractivity contribution in [3.8, 4) is 0 Å². The summed E-state index contributed by atoms with van der Waals surface area (Å²) in [4.78, 5) is 0.366. The summed E-state index contributed by atoms with van der Waals surface area (Å²) in [7, 11) is -3.13. The Bertz CT molecular complexity index is 424. The quantitative estimate of drug-likeness (QED) is 0.833. The first-order valence-electron chi connectivity index (χ1n) is 4.49. The average molecular weight is 213 g/mol. The topological polar surface area (TPSA) is 46.2 Å². The maximum absolute atomic E-state index is 11.4. The molecule has 0 fully saturated rings. The molecule has 0 amide bonds. The number of rotatable bonds is 3. The van der Waals surface area contributed by atoms with Gasteiger partial charge in [0, 0.05) is 12.8 Å².